The van der Waals surface area contributed by atoms with E-state index in [2.05, 4.69) is 23.1 Å². The Kier molecular flexibility index (Phi) is 6.44. The summed E-state index contributed by atoms with van der Waals surface area (Å²) in [6.45, 7) is 2.56. The zero-order valence-corrected chi connectivity index (χ0v) is 14.6. The minimum atomic E-state index is -0.676. The molecule has 2 rings (SSSR count). The van der Waals surface area contributed by atoms with Crippen LogP contribution in [0.1, 0.15) is 31.7 Å². The third kappa shape index (κ3) is 4.70. The lowest BCUT2D eigenvalue weighted by molar-refractivity contribution is 0.270. The van der Waals surface area contributed by atoms with E-state index in [1.807, 2.05) is 24.3 Å². The number of nitriles is 1. The van der Waals surface area contributed by atoms with Crippen molar-refractivity contribution in [2.24, 2.45) is 5.41 Å². The molecule has 0 fully saturated rings. The molecule has 0 amide bonds. The Hall–Kier alpha value is -1.57. The van der Waals surface area contributed by atoms with Gasteiger partial charge >= 0.3 is 0 Å². The molecule has 0 spiro atoms. The van der Waals surface area contributed by atoms with Gasteiger partial charge in [0.05, 0.1) is 23.4 Å². The lowest BCUT2D eigenvalue weighted by Crippen LogP contribution is -2.36. The van der Waals surface area contributed by atoms with Crippen molar-refractivity contribution in [1.29, 1.82) is 5.26 Å². The molecule has 0 saturated carbocycles. The monoisotopic (exact) mass is 350 g/mol. The highest BCUT2D eigenvalue weighted by Gasteiger charge is 2.38. The normalized spacial score (nSPS) is 14.9. The third-order valence-electron chi connectivity index (χ3n) is 4.04. The molecule has 2 aromatic rings. The molecular weight excluding hydrogens is 331 g/mol. The van der Waals surface area contributed by atoms with Crippen molar-refractivity contribution in [3.63, 3.8) is 0 Å². The summed E-state index contributed by atoms with van der Waals surface area (Å²) in [5, 5.41) is 14.4. The summed E-state index contributed by atoms with van der Waals surface area (Å²) in [6, 6.07) is 10.1. The average molecular weight is 351 g/mol. The molecule has 0 saturated heterocycles. The van der Waals surface area contributed by atoms with Gasteiger partial charge in [-0.05, 0) is 30.5 Å². The lowest BCUT2D eigenvalue weighted by atomic mass is 9.78. The Labute approximate surface area is 147 Å². The predicted octanol–water partition coefficient (Wildman–Crippen LogP) is 4.48. The first kappa shape index (κ1) is 17.8. The van der Waals surface area contributed by atoms with Crippen LogP contribution >= 0.6 is 23.2 Å². The molecule has 0 bridgehead atoms. The van der Waals surface area contributed by atoms with E-state index in [-0.39, 0.29) is 5.38 Å². The van der Waals surface area contributed by atoms with Gasteiger partial charge in [0.15, 0.2) is 0 Å². The summed E-state index contributed by atoms with van der Waals surface area (Å²) in [5.74, 6) is 0. The molecule has 1 aromatic heterocycles. The number of alkyl halides is 1. The molecule has 2 atom stereocenters. The van der Waals surface area contributed by atoms with Crippen LogP contribution in [0.5, 0.6) is 0 Å². The van der Waals surface area contributed by atoms with E-state index in [4.69, 9.17) is 23.2 Å². The maximum atomic E-state index is 9.88. The Morgan fingerprint density at radius 1 is 1.35 bits per heavy atom. The van der Waals surface area contributed by atoms with Gasteiger partial charge in [-0.2, -0.15) is 10.4 Å². The highest BCUT2D eigenvalue weighted by Crippen LogP contribution is 2.36. The van der Waals surface area contributed by atoms with Crippen molar-refractivity contribution in [2.75, 3.05) is 0 Å². The number of unbranched alkanes of at least 4 members (excludes halogenated alkanes) is 1. The first-order valence-electron chi connectivity index (χ1n) is 7.72. The zero-order valence-electron chi connectivity index (χ0n) is 13.1. The maximum absolute atomic E-state index is 9.88. The topological polar surface area (TPSA) is 54.5 Å². The van der Waals surface area contributed by atoms with Crippen LogP contribution in [0.25, 0.3) is 0 Å². The highest BCUT2D eigenvalue weighted by molar-refractivity contribution is 6.30. The minimum absolute atomic E-state index is 0.315. The van der Waals surface area contributed by atoms with Crippen molar-refractivity contribution in [3.05, 3.63) is 47.5 Å². The fourth-order valence-electron chi connectivity index (χ4n) is 2.61. The number of benzene rings is 1. The van der Waals surface area contributed by atoms with Gasteiger partial charge < -0.3 is 0 Å². The fourth-order valence-corrected chi connectivity index (χ4v) is 3.15. The summed E-state index contributed by atoms with van der Waals surface area (Å²) in [7, 11) is 0. The van der Waals surface area contributed by atoms with Crippen molar-refractivity contribution < 1.29 is 0 Å². The van der Waals surface area contributed by atoms with E-state index in [9.17, 15) is 5.26 Å². The van der Waals surface area contributed by atoms with Gasteiger partial charge in [0.25, 0.3) is 0 Å². The molecule has 122 valence electrons. The summed E-state index contributed by atoms with van der Waals surface area (Å²) in [6.07, 6.45) is 6.43. The van der Waals surface area contributed by atoms with Crippen molar-refractivity contribution >= 4 is 23.2 Å². The van der Waals surface area contributed by atoms with Crippen LogP contribution in [0.4, 0.5) is 0 Å². The molecule has 0 aliphatic heterocycles. The van der Waals surface area contributed by atoms with E-state index in [0.717, 1.165) is 24.8 Å². The zero-order chi connectivity index (χ0) is 16.7. The number of hydrogen-bond acceptors (Lipinski definition) is 3. The van der Waals surface area contributed by atoms with Crippen molar-refractivity contribution in [3.8, 4) is 6.07 Å². The fraction of sp³-hybridized carbons (Fsp3) is 0.471. The smallest absolute Gasteiger partial charge is 0.137 e. The second-order valence-corrected chi connectivity index (χ2v) is 6.73. The summed E-state index contributed by atoms with van der Waals surface area (Å²) in [4.78, 5) is 3.96. The van der Waals surface area contributed by atoms with E-state index in [0.29, 0.717) is 18.0 Å². The van der Waals surface area contributed by atoms with Gasteiger partial charge in [-0.3, -0.25) is 4.68 Å². The van der Waals surface area contributed by atoms with Crippen LogP contribution in [0, 0.1) is 16.7 Å². The van der Waals surface area contributed by atoms with E-state index < -0.39 is 5.41 Å². The van der Waals surface area contributed by atoms with Gasteiger partial charge in [0, 0.05) is 5.02 Å². The molecule has 6 heteroatoms. The van der Waals surface area contributed by atoms with E-state index >= 15 is 0 Å². The van der Waals surface area contributed by atoms with Crippen molar-refractivity contribution in [2.45, 2.75) is 44.5 Å². The summed E-state index contributed by atoms with van der Waals surface area (Å²) >= 11 is 12.6. The van der Waals surface area contributed by atoms with Crippen molar-refractivity contribution in [1.82, 2.24) is 14.8 Å². The molecule has 1 heterocycles. The second-order valence-electron chi connectivity index (χ2n) is 5.76. The number of rotatable bonds is 8. The predicted molar refractivity (Wildman–Crippen MR) is 92.4 cm³/mol. The van der Waals surface area contributed by atoms with E-state index in [1.54, 1.807) is 11.0 Å². The van der Waals surface area contributed by atoms with Crippen LogP contribution in [-0.4, -0.2) is 20.1 Å². The summed E-state index contributed by atoms with van der Waals surface area (Å²) < 4.78 is 1.69. The van der Waals surface area contributed by atoms with Gasteiger partial charge in [0.1, 0.15) is 12.7 Å². The van der Waals surface area contributed by atoms with Crippen LogP contribution in [0.2, 0.25) is 5.02 Å². The largest absolute Gasteiger partial charge is 0.251 e. The summed E-state index contributed by atoms with van der Waals surface area (Å²) in [5.41, 5.74) is 0.398. The quantitative estimate of drug-likeness (QED) is 0.659. The Bertz CT molecular complexity index is 634. The standard InChI is InChI=1S/C17H20Cl2N4/c1-2-3-8-17(10-20,11-23-13-21-12-22-23)16(19)9-14-4-6-15(18)7-5-14/h4-7,12-13,16H,2-3,8-9,11H2,1H3. The second kappa shape index (κ2) is 8.33. The van der Waals surface area contributed by atoms with Gasteiger partial charge in [-0.15, -0.1) is 11.6 Å². The Morgan fingerprint density at radius 2 is 2.09 bits per heavy atom. The van der Waals surface area contributed by atoms with Crippen LogP contribution in [-0.2, 0) is 13.0 Å². The molecule has 0 aliphatic carbocycles. The first-order chi connectivity index (χ1) is 11.1. The lowest BCUT2D eigenvalue weighted by Gasteiger charge is -2.31. The molecular formula is C17H20Cl2N4. The molecule has 0 radical (unpaired) electrons. The molecule has 2 unspecified atom stereocenters. The molecule has 4 nitrogen and oxygen atoms in total. The van der Waals surface area contributed by atoms with Gasteiger partial charge in [0.2, 0.25) is 0 Å². The van der Waals surface area contributed by atoms with Crippen LogP contribution in [0.3, 0.4) is 0 Å². The Morgan fingerprint density at radius 3 is 2.65 bits per heavy atom. The maximum Gasteiger partial charge on any atom is 0.137 e. The number of halogens is 2. The molecule has 0 N–H and O–H groups in total. The average Bonchev–Trinajstić information content (AvgIpc) is 3.06. The van der Waals surface area contributed by atoms with Crippen LogP contribution in [0.15, 0.2) is 36.9 Å². The van der Waals surface area contributed by atoms with Gasteiger partial charge in [-0.25, -0.2) is 4.98 Å². The first-order valence-corrected chi connectivity index (χ1v) is 8.53. The van der Waals surface area contributed by atoms with E-state index in [1.165, 1.54) is 6.33 Å². The SMILES string of the molecule is CCCCC(C#N)(Cn1cncn1)C(Cl)Cc1ccc(Cl)cc1. The minimum Gasteiger partial charge on any atom is -0.251 e. The highest BCUT2D eigenvalue weighted by atomic mass is 35.5. The molecule has 23 heavy (non-hydrogen) atoms. The Balaban J connectivity index is 2.20. The molecule has 0 aliphatic rings. The number of nitrogens with zero attached hydrogens (tertiary/aromatic N) is 4. The van der Waals surface area contributed by atoms with Gasteiger partial charge in [-0.1, -0.05) is 43.5 Å². The number of hydrogen-bond donors (Lipinski definition) is 0. The third-order valence-corrected chi connectivity index (χ3v) is 4.86. The molecule has 1 aromatic carbocycles. The van der Waals surface area contributed by atoms with Crippen LogP contribution < -0.4 is 0 Å². The number of aromatic nitrogens is 3.